The maximum absolute atomic E-state index is 11.7. The van der Waals surface area contributed by atoms with Crippen LogP contribution in [0.1, 0.15) is 23.0 Å². The molecule has 2 aliphatic heterocycles. The van der Waals surface area contributed by atoms with Crippen LogP contribution in [-0.2, 0) is 4.79 Å². The molecule has 0 spiro atoms. The van der Waals surface area contributed by atoms with E-state index in [1.54, 1.807) is 18.0 Å². The molecule has 134 valence electrons. The van der Waals surface area contributed by atoms with Gasteiger partial charge in [-0.2, -0.15) is 0 Å². The molecule has 2 aliphatic rings. The Morgan fingerprint density at radius 2 is 2.04 bits per heavy atom. The van der Waals surface area contributed by atoms with Gasteiger partial charge in [0.2, 0.25) is 0 Å². The Morgan fingerprint density at radius 3 is 2.93 bits per heavy atom. The molecule has 5 rings (SSSR count). The van der Waals surface area contributed by atoms with E-state index in [0.29, 0.717) is 11.4 Å². The number of thioether (sulfide) groups is 1. The first-order valence-corrected chi connectivity index (χ1v) is 9.58. The van der Waals surface area contributed by atoms with E-state index in [1.165, 1.54) is 0 Å². The van der Waals surface area contributed by atoms with Crippen LogP contribution in [0.15, 0.2) is 75.2 Å². The lowest BCUT2D eigenvalue weighted by Gasteiger charge is -2.19. The minimum absolute atomic E-state index is 0.0534. The van der Waals surface area contributed by atoms with Crippen molar-refractivity contribution in [3.63, 3.8) is 0 Å². The second-order valence-corrected chi connectivity index (χ2v) is 7.64. The average Bonchev–Trinajstić information content (AvgIpc) is 3.15. The summed E-state index contributed by atoms with van der Waals surface area (Å²) in [6.07, 6.45) is 2.43. The molecule has 0 bridgehead atoms. The largest absolute Gasteiger partial charge is 0.482 e. The normalized spacial score (nSPS) is 18.4. The zero-order chi connectivity index (χ0) is 18.2. The monoisotopic (exact) mass is 376 g/mol. The van der Waals surface area contributed by atoms with E-state index in [1.807, 2.05) is 48.5 Å². The summed E-state index contributed by atoms with van der Waals surface area (Å²) in [7, 11) is 0. The standard InChI is InChI=1S/C21H16N2O3S/c24-21-12-26-17-8-7-13(10-16(17)23-21)15-11-20(18-5-3-9-25-18)27-19-6-2-1-4-14(19)22-15/h1-10,20H,11-12H2,(H,23,24). The molecule has 0 fully saturated rings. The maximum Gasteiger partial charge on any atom is 0.262 e. The number of ether oxygens (including phenoxy) is 1. The van der Waals surface area contributed by atoms with E-state index in [9.17, 15) is 4.79 Å². The predicted octanol–water partition coefficient (Wildman–Crippen LogP) is 4.97. The van der Waals surface area contributed by atoms with Gasteiger partial charge in [0, 0.05) is 17.0 Å². The summed E-state index contributed by atoms with van der Waals surface area (Å²) in [6, 6.07) is 17.9. The minimum atomic E-state index is -0.142. The molecule has 1 unspecified atom stereocenters. The Hall–Kier alpha value is -2.99. The molecule has 27 heavy (non-hydrogen) atoms. The lowest BCUT2D eigenvalue weighted by Crippen LogP contribution is -2.25. The van der Waals surface area contributed by atoms with Crippen molar-refractivity contribution in [2.45, 2.75) is 16.6 Å². The number of hydrogen-bond acceptors (Lipinski definition) is 5. The van der Waals surface area contributed by atoms with Crippen LogP contribution >= 0.6 is 11.8 Å². The number of nitrogens with one attached hydrogen (secondary N) is 1. The second-order valence-electron chi connectivity index (χ2n) is 6.40. The Kier molecular flexibility index (Phi) is 3.98. The number of para-hydroxylation sites is 1. The Bertz CT molecular complexity index is 1040. The van der Waals surface area contributed by atoms with Gasteiger partial charge in [-0.1, -0.05) is 12.1 Å². The van der Waals surface area contributed by atoms with Crippen molar-refractivity contribution in [1.29, 1.82) is 0 Å². The summed E-state index contributed by atoms with van der Waals surface area (Å²) >= 11 is 1.76. The smallest absolute Gasteiger partial charge is 0.262 e. The van der Waals surface area contributed by atoms with Crippen molar-refractivity contribution >= 4 is 34.8 Å². The number of carbonyl (C=O) groups excluding carboxylic acids is 1. The minimum Gasteiger partial charge on any atom is -0.482 e. The first-order chi connectivity index (χ1) is 13.3. The number of rotatable bonds is 2. The topological polar surface area (TPSA) is 63.8 Å². The fourth-order valence-electron chi connectivity index (χ4n) is 3.29. The van der Waals surface area contributed by atoms with Crippen molar-refractivity contribution < 1.29 is 13.9 Å². The van der Waals surface area contributed by atoms with Gasteiger partial charge in [-0.05, 0) is 48.0 Å². The van der Waals surface area contributed by atoms with Crippen LogP contribution in [0.3, 0.4) is 0 Å². The molecular weight excluding hydrogens is 360 g/mol. The van der Waals surface area contributed by atoms with Crippen molar-refractivity contribution in [2.24, 2.45) is 4.99 Å². The van der Waals surface area contributed by atoms with Crippen LogP contribution < -0.4 is 10.1 Å². The summed E-state index contributed by atoms with van der Waals surface area (Å²) in [6.45, 7) is 0.0534. The number of anilines is 1. The molecule has 6 heteroatoms. The SMILES string of the molecule is O=C1COc2ccc(C3=Nc4ccccc4SC(c4ccco4)C3)cc2N1. The number of nitrogens with zero attached hydrogens (tertiary/aromatic N) is 1. The summed E-state index contributed by atoms with van der Waals surface area (Å²) in [5.41, 5.74) is 3.56. The molecule has 1 aromatic heterocycles. The Balaban J connectivity index is 1.59. The molecular formula is C21H16N2O3S. The third kappa shape index (κ3) is 3.13. The molecule has 3 heterocycles. The number of amides is 1. The first kappa shape index (κ1) is 16.2. The van der Waals surface area contributed by atoms with Gasteiger partial charge in [-0.15, -0.1) is 11.8 Å². The van der Waals surface area contributed by atoms with E-state index in [0.717, 1.165) is 34.0 Å². The molecule has 2 aromatic carbocycles. The molecule has 3 aromatic rings. The van der Waals surface area contributed by atoms with Crippen LogP contribution in [0.5, 0.6) is 5.75 Å². The Morgan fingerprint density at radius 1 is 1.11 bits per heavy atom. The molecule has 1 N–H and O–H groups in total. The second kappa shape index (κ2) is 6.63. The summed E-state index contributed by atoms with van der Waals surface area (Å²) in [5, 5.41) is 3.00. The highest BCUT2D eigenvalue weighted by molar-refractivity contribution is 7.99. The number of fused-ring (bicyclic) bond motifs is 2. The van der Waals surface area contributed by atoms with Crippen molar-refractivity contribution in [1.82, 2.24) is 0 Å². The van der Waals surface area contributed by atoms with Crippen molar-refractivity contribution in [3.05, 3.63) is 72.2 Å². The van der Waals surface area contributed by atoms with E-state index < -0.39 is 0 Å². The lowest BCUT2D eigenvalue weighted by molar-refractivity contribution is -0.118. The van der Waals surface area contributed by atoms with E-state index in [2.05, 4.69) is 11.4 Å². The van der Waals surface area contributed by atoms with Gasteiger partial charge in [-0.25, -0.2) is 0 Å². The molecule has 0 aliphatic carbocycles. The van der Waals surface area contributed by atoms with E-state index in [4.69, 9.17) is 14.1 Å². The average molecular weight is 376 g/mol. The third-order valence-electron chi connectivity index (χ3n) is 4.57. The highest BCUT2D eigenvalue weighted by Gasteiger charge is 2.25. The number of benzene rings is 2. The molecule has 0 radical (unpaired) electrons. The zero-order valence-corrected chi connectivity index (χ0v) is 15.2. The molecule has 0 saturated carbocycles. The number of hydrogen-bond donors (Lipinski definition) is 1. The van der Waals surface area contributed by atoms with Crippen molar-refractivity contribution in [3.8, 4) is 5.75 Å². The van der Waals surface area contributed by atoms with E-state index >= 15 is 0 Å². The van der Waals surface area contributed by atoms with Gasteiger partial charge >= 0.3 is 0 Å². The maximum atomic E-state index is 11.7. The highest BCUT2D eigenvalue weighted by atomic mass is 32.2. The quantitative estimate of drug-likeness (QED) is 0.686. The number of furan rings is 1. The summed E-state index contributed by atoms with van der Waals surface area (Å²) in [4.78, 5) is 17.7. The van der Waals surface area contributed by atoms with Gasteiger partial charge in [0.25, 0.3) is 5.91 Å². The zero-order valence-electron chi connectivity index (χ0n) is 14.3. The van der Waals surface area contributed by atoms with Crippen LogP contribution in [0.4, 0.5) is 11.4 Å². The van der Waals surface area contributed by atoms with Crippen LogP contribution in [-0.4, -0.2) is 18.2 Å². The molecule has 0 saturated heterocycles. The highest BCUT2D eigenvalue weighted by Crippen LogP contribution is 2.45. The fraction of sp³-hybridized carbons (Fsp3) is 0.143. The van der Waals surface area contributed by atoms with Gasteiger partial charge in [0.05, 0.1) is 22.9 Å². The van der Waals surface area contributed by atoms with Gasteiger partial charge < -0.3 is 14.5 Å². The van der Waals surface area contributed by atoms with Crippen LogP contribution in [0, 0.1) is 0 Å². The first-order valence-electron chi connectivity index (χ1n) is 8.70. The Labute approximate surface area is 160 Å². The predicted molar refractivity (Wildman–Crippen MR) is 105 cm³/mol. The van der Waals surface area contributed by atoms with Gasteiger partial charge in [-0.3, -0.25) is 9.79 Å². The number of aliphatic imine (C=N–C) groups is 1. The lowest BCUT2D eigenvalue weighted by atomic mass is 10.0. The molecule has 1 atom stereocenters. The van der Waals surface area contributed by atoms with E-state index in [-0.39, 0.29) is 17.8 Å². The third-order valence-corrected chi connectivity index (χ3v) is 5.86. The van der Waals surface area contributed by atoms with Crippen LogP contribution in [0.25, 0.3) is 0 Å². The molecule has 1 amide bonds. The van der Waals surface area contributed by atoms with Crippen molar-refractivity contribution in [2.75, 3.05) is 11.9 Å². The summed E-state index contributed by atoms with van der Waals surface area (Å²) in [5.74, 6) is 1.47. The van der Waals surface area contributed by atoms with Crippen LogP contribution in [0.2, 0.25) is 0 Å². The summed E-state index contributed by atoms with van der Waals surface area (Å²) < 4.78 is 11.1. The van der Waals surface area contributed by atoms with Gasteiger partial charge in [0.15, 0.2) is 6.61 Å². The fourth-order valence-corrected chi connectivity index (χ4v) is 4.48. The van der Waals surface area contributed by atoms with Gasteiger partial charge in [0.1, 0.15) is 11.5 Å². The molecule has 5 nitrogen and oxygen atoms in total. The number of carbonyl (C=O) groups is 1.